The molecule has 0 saturated heterocycles. The van der Waals surface area contributed by atoms with Gasteiger partial charge in [-0.3, -0.25) is 9.97 Å². The molecule has 0 aliphatic heterocycles. The molecule has 6 rings (SSSR count). The summed E-state index contributed by atoms with van der Waals surface area (Å²) in [4.78, 5) is 31.6. The van der Waals surface area contributed by atoms with Crippen molar-refractivity contribution in [2.75, 3.05) is 13.2 Å². The number of aryl methyl sites for hydroxylation is 1. The fourth-order valence-electron chi connectivity index (χ4n) is 4.56. The molecule has 6 aromatic rings. The zero-order valence-electron chi connectivity index (χ0n) is 24.5. The van der Waals surface area contributed by atoms with Gasteiger partial charge in [-0.25, -0.2) is 19.0 Å². The molecule has 0 unspecified atom stereocenters. The maximum Gasteiger partial charge on any atom is 0.434 e. The third kappa shape index (κ3) is 6.38. The second kappa shape index (κ2) is 12.6. The Hall–Kier alpha value is -5.68. The van der Waals surface area contributed by atoms with E-state index < -0.39 is 46.8 Å². The molecule has 0 N–H and O–H groups in total. The van der Waals surface area contributed by atoms with Crippen LogP contribution < -0.4 is 0 Å². The van der Waals surface area contributed by atoms with Crippen LogP contribution in [0.5, 0.6) is 0 Å². The number of carbonyl (C=O) groups is 2. The summed E-state index contributed by atoms with van der Waals surface area (Å²) in [6.07, 6.45) is -3.96. The van der Waals surface area contributed by atoms with Gasteiger partial charge in [0.25, 0.3) is 0 Å². The lowest BCUT2D eigenvalue weighted by atomic mass is 10.2. The van der Waals surface area contributed by atoms with Crippen molar-refractivity contribution in [1.29, 1.82) is 0 Å². The highest BCUT2D eigenvalue weighted by Gasteiger charge is 2.42. The third-order valence-electron chi connectivity index (χ3n) is 6.36. The van der Waals surface area contributed by atoms with Crippen molar-refractivity contribution in [2.24, 2.45) is 0 Å². The van der Waals surface area contributed by atoms with Gasteiger partial charge in [-0.1, -0.05) is 0 Å². The number of fused-ring (bicyclic) bond motifs is 2. The fraction of sp³-hybridized carbons (Fsp3) is 0.241. The Kier molecular flexibility index (Phi) is 8.77. The van der Waals surface area contributed by atoms with Gasteiger partial charge in [0.15, 0.2) is 22.6 Å². The normalized spacial score (nSPS) is 11.9. The molecule has 6 heterocycles. The summed E-state index contributed by atoms with van der Waals surface area (Å²) in [5, 5.41) is 7.42. The molecule has 0 atom stereocenters. The largest absolute Gasteiger partial charge is 0.462 e. The predicted octanol–water partition coefficient (Wildman–Crippen LogP) is 6.73. The summed E-state index contributed by atoms with van der Waals surface area (Å²) < 4.78 is 102. The Morgan fingerprint density at radius 1 is 0.766 bits per heavy atom. The number of carbonyl (C=O) groups excluding carboxylic acids is 2. The van der Waals surface area contributed by atoms with Gasteiger partial charge in [-0.2, -0.15) is 36.5 Å². The molecule has 6 aromatic heterocycles. The summed E-state index contributed by atoms with van der Waals surface area (Å²) in [5.41, 5.74) is -2.62. The van der Waals surface area contributed by atoms with Crippen molar-refractivity contribution in [3.8, 4) is 11.4 Å². The number of pyridine rings is 2. The molecule has 0 spiro atoms. The number of esters is 2. The number of nitrogens with zero attached hydrogens (tertiary/aromatic N) is 6. The van der Waals surface area contributed by atoms with E-state index in [0.717, 1.165) is 12.4 Å². The van der Waals surface area contributed by atoms with Gasteiger partial charge in [0.05, 0.1) is 31.9 Å². The number of rotatable bonds is 6. The maximum atomic E-state index is 13.5. The number of hydrogen-bond donors (Lipinski definition) is 0. The fourth-order valence-corrected chi connectivity index (χ4v) is 4.56. The molecule has 18 heteroatoms. The highest BCUT2D eigenvalue weighted by molar-refractivity contribution is 5.92. The Morgan fingerprint density at radius 3 is 1.74 bits per heavy atom. The van der Waals surface area contributed by atoms with E-state index in [-0.39, 0.29) is 35.8 Å². The predicted molar refractivity (Wildman–Crippen MR) is 149 cm³/mol. The average molecular weight is 665 g/mol. The van der Waals surface area contributed by atoms with Gasteiger partial charge in [0, 0.05) is 24.5 Å². The molecule has 0 fully saturated rings. The number of furan rings is 2. The number of aromatic nitrogens is 6. The molecule has 0 radical (unpaired) electrons. The number of alkyl halides is 6. The first kappa shape index (κ1) is 32.7. The van der Waals surface area contributed by atoms with Crippen LogP contribution in [0.15, 0.2) is 64.2 Å². The first-order valence-electron chi connectivity index (χ1n) is 13.6. The van der Waals surface area contributed by atoms with Crippen molar-refractivity contribution < 1.29 is 54.2 Å². The van der Waals surface area contributed by atoms with Crippen molar-refractivity contribution in [2.45, 2.75) is 33.1 Å². The van der Waals surface area contributed by atoms with Crippen molar-refractivity contribution in [3.05, 3.63) is 83.6 Å². The van der Waals surface area contributed by atoms with Gasteiger partial charge in [-0.15, -0.1) is 0 Å². The highest BCUT2D eigenvalue weighted by atomic mass is 19.4. The third-order valence-corrected chi connectivity index (χ3v) is 6.36. The molecule has 0 aliphatic carbocycles. The van der Waals surface area contributed by atoms with E-state index in [2.05, 4.69) is 29.6 Å². The van der Waals surface area contributed by atoms with Crippen LogP contribution in [0.3, 0.4) is 0 Å². The van der Waals surface area contributed by atoms with Crippen molar-refractivity contribution in [3.63, 3.8) is 0 Å². The van der Waals surface area contributed by atoms with Gasteiger partial charge >= 0.3 is 24.3 Å². The van der Waals surface area contributed by atoms with Gasteiger partial charge < -0.3 is 18.3 Å². The van der Waals surface area contributed by atoms with Crippen LogP contribution in [0.4, 0.5) is 26.3 Å². The van der Waals surface area contributed by atoms with E-state index in [9.17, 15) is 35.9 Å². The van der Waals surface area contributed by atoms with E-state index in [0.29, 0.717) is 26.2 Å². The molecule has 0 saturated carbocycles. The second-order valence-electron chi connectivity index (χ2n) is 9.44. The minimum atomic E-state index is -4.81. The quantitative estimate of drug-likeness (QED) is 0.139. The molecule has 47 heavy (non-hydrogen) atoms. The summed E-state index contributed by atoms with van der Waals surface area (Å²) in [7, 11) is 0. The van der Waals surface area contributed by atoms with Crippen molar-refractivity contribution in [1.82, 2.24) is 29.5 Å². The zero-order chi connectivity index (χ0) is 34.1. The summed E-state index contributed by atoms with van der Waals surface area (Å²) in [5.74, 6) is -1.68. The Balaban J connectivity index is 0.000000185. The molecule has 0 aromatic carbocycles. The van der Waals surface area contributed by atoms with E-state index in [1.165, 1.54) is 50.7 Å². The van der Waals surface area contributed by atoms with Crippen LogP contribution in [-0.4, -0.2) is 54.7 Å². The zero-order valence-corrected chi connectivity index (χ0v) is 24.5. The smallest absolute Gasteiger partial charge is 0.434 e. The van der Waals surface area contributed by atoms with E-state index in [1.807, 2.05) is 0 Å². The minimum Gasteiger partial charge on any atom is -0.462 e. The summed E-state index contributed by atoms with van der Waals surface area (Å²) in [6.45, 7) is 4.58. The Bertz CT molecular complexity index is 2070. The van der Waals surface area contributed by atoms with Gasteiger partial charge in [-0.05, 0) is 32.9 Å². The van der Waals surface area contributed by atoms with Crippen LogP contribution in [0.25, 0.3) is 33.6 Å². The second-order valence-corrected chi connectivity index (χ2v) is 9.44. The SMILES string of the molecule is CCOC(=O)c1cnn(-c2ccnc3cc(C)oc23)c1C(F)(F)F.CCOC(=O)c1cnn(-c2ccnc3ccoc23)c1C(F)(F)F. The molecule has 12 nitrogen and oxygen atoms in total. The van der Waals surface area contributed by atoms with E-state index >= 15 is 0 Å². The van der Waals surface area contributed by atoms with Crippen LogP contribution in [-0.2, 0) is 21.8 Å². The first-order chi connectivity index (χ1) is 22.3. The topological polar surface area (TPSA) is 140 Å². The van der Waals surface area contributed by atoms with Crippen molar-refractivity contribution >= 4 is 34.1 Å². The monoisotopic (exact) mass is 664 g/mol. The minimum absolute atomic E-state index is 0.0304. The lowest BCUT2D eigenvalue weighted by Gasteiger charge is -2.12. The van der Waals surface area contributed by atoms with Crippen LogP contribution in [0.2, 0.25) is 0 Å². The molecule has 0 aliphatic rings. The number of hydrogen-bond acceptors (Lipinski definition) is 10. The number of ether oxygens (including phenoxy) is 2. The standard InChI is InChI=1S/C15H12F3N3O3.C14H10F3N3O3/c1-3-23-14(22)9-7-20-21(13(9)15(16,17)18)11-4-5-19-10-6-8(2)24-12(10)11;1-2-22-13(21)8-7-19-20(12(8)14(15,16)17)10-3-5-18-9-4-6-23-11(9)10/h4-7H,3H2,1-2H3;3-7H,2H2,1H3. The van der Waals surface area contributed by atoms with Crippen LogP contribution in [0, 0.1) is 6.92 Å². The Morgan fingerprint density at radius 2 is 1.26 bits per heavy atom. The van der Waals surface area contributed by atoms with Gasteiger partial charge in [0.2, 0.25) is 0 Å². The first-order valence-corrected chi connectivity index (χ1v) is 13.6. The van der Waals surface area contributed by atoms with Crippen LogP contribution in [0.1, 0.15) is 51.7 Å². The molecular formula is C29H22F6N6O6. The molecule has 0 amide bonds. The molecule has 246 valence electrons. The van der Waals surface area contributed by atoms with E-state index in [1.54, 1.807) is 13.0 Å². The summed E-state index contributed by atoms with van der Waals surface area (Å²) >= 11 is 0. The lowest BCUT2D eigenvalue weighted by Crippen LogP contribution is -2.18. The maximum absolute atomic E-state index is 13.5. The molecule has 0 bridgehead atoms. The lowest BCUT2D eigenvalue weighted by molar-refractivity contribution is -0.144. The highest BCUT2D eigenvalue weighted by Crippen LogP contribution is 2.37. The summed E-state index contributed by atoms with van der Waals surface area (Å²) in [6, 6.07) is 5.77. The number of halogens is 6. The molecular weight excluding hydrogens is 642 g/mol. The average Bonchev–Trinajstić information content (AvgIpc) is 3.80. The van der Waals surface area contributed by atoms with E-state index in [4.69, 9.17) is 8.83 Å². The Labute approximate surface area is 259 Å². The van der Waals surface area contributed by atoms with Crippen LogP contribution >= 0.6 is 0 Å². The van der Waals surface area contributed by atoms with Gasteiger partial charge in [0.1, 0.15) is 39.3 Å².